The van der Waals surface area contributed by atoms with Gasteiger partial charge < -0.3 is 35.0 Å². The SMILES string of the molecule is O=C(CO)OC1(O)OC[C@@H](O)[C@H](O)[C@H]1O. The van der Waals surface area contributed by atoms with Crippen LogP contribution < -0.4 is 0 Å². The van der Waals surface area contributed by atoms with Gasteiger partial charge in [0.05, 0.1) is 6.61 Å². The van der Waals surface area contributed by atoms with Gasteiger partial charge in [0.15, 0.2) is 6.10 Å². The summed E-state index contributed by atoms with van der Waals surface area (Å²) in [5, 5.41) is 45.3. The van der Waals surface area contributed by atoms with Crippen LogP contribution in [0.25, 0.3) is 0 Å². The molecule has 5 N–H and O–H groups in total. The maximum Gasteiger partial charge on any atom is 0.357 e. The van der Waals surface area contributed by atoms with Crippen molar-refractivity contribution in [3.63, 3.8) is 0 Å². The summed E-state index contributed by atoms with van der Waals surface area (Å²) in [6.07, 6.45) is -5.12. The zero-order valence-electron chi connectivity index (χ0n) is 7.61. The van der Waals surface area contributed by atoms with Crippen molar-refractivity contribution in [1.82, 2.24) is 0 Å². The minimum atomic E-state index is -2.75. The number of carbonyl (C=O) groups excluding carboxylic acids is 1. The second-order valence-corrected chi connectivity index (χ2v) is 3.08. The van der Waals surface area contributed by atoms with Gasteiger partial charge in [0.2, 0.25) is 0 Å². The highest BCUT2D eigenvalue weighted by molar-refractivity contribution is 5.70. The van der Waals surface area contributed by atoms with E-state index in [4.69, 9.17) is 10.2 Å². The molecule has 1 heterocycles. The predicted octanol–water partition coefficient (Wildman–Crippen LogP) is -3.72. The number of carbonyl (C=O) groups is 1. The number of aliphatic hydroxyl groups is 5. The van der Waals surface area contributed by atoms with Crippen LogP contribution in [0, 0.1) is 0 Å². The molecule has 15 heavy (non-hydrogen) atoms. The van der Waals surface area contributed by atoms with E-state index in [-0.39, 0.29) is 0 Å². The molecule has 8 heteroatoms. The van der Waals surface area contributed by atoms with Crippen molar-refractivity contribution in [3.05, 3.63) is 0 Å². The Balaban J connectivity index is 2.71. The van der Waals surface area contributed by atoms with Crippen molar-refractivity contribution in [1.29, 1.82) is 0 Å². The Morgan fingerprint density at radius 2 is 2.07 bits per heavy atom. The van der Waals surface area contributed by atoms with Gasteiger partial charge in [-0.15, -0.1) is 0 Å². The molecule has 8 nitrogen and oxygen atoms in total. The summed E-state index contributed by atoms with van der Waals surface area (Å²) >= 11 is 0. The lowest BCUT2D eigenvalue weighted by Gasteiger charge is -2.39. The molecule has 0 aromatic heterocycles. The summed E-state index contributed by atoms with van der Waals surface area (Å²) in [6, 6.07) is 0. The van der Waals surface area contributed by atoms with Gasteiger partial charge in [-0.05, 0) is 0 Å². The Morgan fingerprint density at radius 1 is 1.47 bits per heavy atom. The molecule has 1 unspecified atom stereocenters. The Morgan fingerprint density at radius 3 is 2.60 bits per heavy atom. The van der Waals surface area contributed by atoms with Crippen LogP contribution in [0.15, 0.2) is 0 Å². The maximum atomic E-state index is 10.7. The lowest BCUT2D eigenvalue weighted by Crippen LogP contribution is -2.62. The quantitative estimate of drug-likeness (QED) is 0.238. The van der Waals surface area contributed by atoms with Crippen molar-refractivity contribution >= 4 is 5.97 Å². The summed E-state index contributed by atoms with van der Waals surface area (Å²) < 4.78 is 8.66. The first kappa shape index (κ1) is 12.3. The molecule has 0 spiro atoms. The fourth-order valence-corrected chi connectivity index (χ4v) is 1.10. The normalized spacial score (nSPS) is 41.3. The van der Waals surface area contributed by atoms with E-state index in [0.29, 0.717) is 0 Å². The smallest absolute Gasteiger partial charge is 0.357 e. The highest BCUT2D eigenvalue weighted by Gasteiger charge is 2.51. The van der Waals surface area contributed by atoms with E-state index in [0.717, 1.165) is 0 Å². The van der Waals surface area contributed by atoms with Gasteiger partial charge in [-0.2, -0.15) is 0 Å². The zero-order chi connectivity index (χ0) is 11.6. The van der Waals surface area contributed by atoms with Gasteiger partial charge in [0, 0.05) is 0 Å². The molecular formula is C7H12O8. The van der Waals surface area contributed by atoms with Gasteiger partial charge in [0.1, 0.15) is 18.8 Å². The monoisotopic (exact) mass is 224 g/mol. The van der Waals surface area contributed by atoms with E-state index in [2.05, 4.69) is 9.47 Å². The number of rotatable bonds is 2. The number of hydrogen-bond acceptors (Lipinski definition) is 8. The summed E-state index contributed by atoms with van der Waals surface area (Å²) in [7, 11) is 0. The van der Waals surface area contributed by atoms with Crippen LogP contribution in [0.2, 0.25) is 0 Å². The predicted molar refractivity (Wildman–Crippen MR) is 42.1 cm³/mol. The molecule has 0 aromatic carbocycles. The summed E-state index contributed by atoms with van der Waals surface area (Å²) in [5.41, 5.74) is 0. The second-order valence-electron chi connectivity index (χ2n) is 3.08. The van der Waals surface area contributed by atoms with Gasteiger partial charge in [-0.25, -0.2) is 4.79 Å². The molecule has 1 aliphatic heterocycles. The van der Waals surface area contributed by atoms with Crippen molar-refractivity contribution in [2.75, 3.05) is 13.2 Å². The van der Waals surface area contributed by atoms with E-state index >= 15 is 0 Å². The van der Waals surface area contributed by atoms with Crippen molar-refractivity contribution in [3.8, 4) is 0 Å². The molecule has 0 amide bonds. The summed E-state index contributed by atoms with van der Waals surface area (Å²) in [6.45, 7) is -1.54. The lowest BCUT2D eigenvalue weighted by molar-refractivity contribution is -0.415. The molecule has 88 valence electrons. The third-order valence-corrected chi connectivity index (χ3v) is 1.94. The fourth-order valence-electron chi connectivity index (χ4n) is 1.10. The second kappa shape index (κ2) is 4.39. The first-order valence-corrected chi connectivity index (χ1v) is 4.14. The maximum absolute atomic E-state index is 10.7. The minimum Gasteiger partial charge on any atom is -0.404 e. The van der Waals surface area contributed by atoms with Crippen LogP contribution in [0.3, 0.4) is 0 Å². The van der Waals surface area contributed by atoms with Crippen LogP contribution in [0.5, 0.6) is 0 Å². The van der Waals surface area contributed by atoms with Gasteiger partial charge in [-0.3, -0.25) is 0 Å². The van der Waals surface area contributed by atoms with Crippen LogP contribution >= 0.6 is 0 Å². The highest BCUT2D eigenvalue weighted by Crippen LogP contribution is 2.25. The average Bonchev–Trinajstić information content (AvgIpc) is 2.21. The topological polar surface area (TPSA) is 137 Å². The molecule has 0 bridgehead atoms. The lowest BCUT2D eigenvalue weighted by atomic mass is 10.0. The van der Waals surface area contributed by atoms with Crippen molar-refractivity contribution in [2.24, 2.45) is 0 Å². The number of hydrogen-bond donors (Lipinski definition) is 5. The van der Waals surface area contributed by atoms with E-state index in [1.54, 1.807) is 0 Å². The number of esters is 1. The summed E-state index contributed by atoms with van der Waals surface area (Å²) in [4.78, 5) is 10.7. The Labute approximate surface area is 84.3 Å². The molecule has 1 fully saturated rings. The highest BCUT2D eigenvalue weighted by atomic mass is 16.8. The molecule has 0 saturated carbocycles. The molecular weight excluding hydrogens is 212 g/mol. The average molecular weight is 224 g/mol. The van der Waals surface area contributed by atoms with Crippen LogP contribution in [-0.4, -0.2) is 69.0 Å². The third-order valence-electron chi connectivity index (χ3n) is 1.94. The number of ether oxygens (including phenoxy) is 2. The first-order valence-electron chi connectivity index (χ1n) is 4.14. The molecule has 0 aromatic rings. The van der Waals surface area contributed by atoms with E-state index < -0.39 is 43.5 Å². The minimum absolute atomic E-state index is 0.520. The molecule has 1 rings (SSSR count). The molecule has 4 atom stereocenters. The zero-order valence-corrected chi connectivity index (χ0v) is 7.61. The Kier molecular flexibility index (Phi) is 3.60. The van der Waals surface area contributed by atoms with Gasteiger partial charge in [0.25, 0.3) is 0 Å². The van der Waals surface area contributed by atoms with Crippen molar-refractivity contribution in [2.45, 2.75) is 24.3 Å². The molecule has 1 saturated heterocycles. The fraction of sp³-hybridized carbons (Fsp3) is 0.857. The van der Waals surface area contributed by atoms with E-state index in [9.17, 15) is 20.1 Å². The first-order chi connectivity index (χ1) is 6.90. The standard InChI is InChI=1S/C7H12O8/c8-1-4(10)15-7(13)6(12)5(11)3(9)2-14-7/h3,5-6,8-9,11-13H,1-2H2/t3-,5+,6-,7?/m1/s1. The Hall–Kier alpha value is -0.770. The molecule has 0 aliphatic carbocycles. The van der Waals surface area contributed by atoms with Crippen LogP contribution in [-0.2, 0) is 14.3 Å². The largest absolute Gasteiger partial charge is 0.404 e. The molecule has 0 radical (unpaired) electrons. The van der Waals surface area contributed by atoms with E-state index in [1.807, 2.05) is 0 Å². The van der Waals surface area contributed by atoms with Gasteiger partial charge >= 0.3 is 11.9 Å². The molecule has 1 aliphatic rings. The van der Waals surface area contributed by atoms with Gasteiger partial charge in [-0.1, -0.05) is 0 Å². The summed E-state index contributed by atoms with van der Waals surface area (Å²) in [5.74, 6) is -3.99. The van der Waals surface area contributed by atoms with Crippen molar-refractivity contribution < 1.29 is 39.8 Å². The Bertz CT molecular complexity index is 243. The number of aliphatic hydroxyl groups excluding tert-OH is 4. The van der Waals surface area contributed by atoms with Crippen LogP contribution in [0.1, 0.15) is 0 Å². The van der Waals surface area contributed by atoms with E-state index in [1.165, 1.54) is 0 Å². The van der Waals surface area contributed by atoms with Crippen LogP contribution in [0.4, 0.5) is 0 Å². The third kappa shape index (κ3) is 2.43.